The predicted octanol–water partition coefficient (Wildman–Crippen LogP) is 3.03. The summed E-state index contributed by atoms with van der Waals surface area (Å²) in [4.78, 5) is 15.3. The number of benzene rings is 1. The SMILES string of the molecule is CC[C@@H]1CCc2sc(C(=O)NNS(=O)(=O)c3ccccc3F)cc2C1. The lowest BCUT2D eigenvalue weighted by Crippen LogP contribution is -2.41. The molecule has 0 aliphatic heterocycles. The van der Waals surface area contributed by atoms with Crippen LogP contribution in [-0.4, -0.2) is 14.3 Å². The molecule has 1 amide bonds. The second kappa shape index (κ2) is 7.23. The molecule has 1 atom stereocenters. The number of amides is 1. The predicted molar refractivity (Wildman–Crippen MR) is 94.3 cm³/mol. The largest absolute Gasteiger partial charge is 0.276 e. The third-order valence-corrected chi connectivity index (χ3v) is 6.93. The van der Waals surface area contributed by atoms with Crippen molar-refractivity contribution in [1.29, 1.82) is 0 Å². The van der Waals surface area contributed by atoms with Crippen molar-refractivity contribution < 1.29 is 17.6 Å². The maximum absolute atomic E-state index is 13.6. The molecule has 0 saturated carbocycles. The third-order valence-electron chi connectivity index (χ3n) is 4.41. The summed E-state index contributed by atoms with van der Waals surface area (Å²) < 4.78 is 37.8. The van der Waals surface area contributed by atoms with Crippen LogP contribution in [-0.2, 0) is 22.9 Å². The highest BCUT2D eigenvalue weighted by Crippen LogP contribution is 2.33. The van der Waals surface area contributed by atoms with Gasteiger partial charge in [-0.05, 0) is 48.9 Å². The first-order chi connectivity index (χ1) is 11.9. The van der Waals surface area contributed by atoms with Crippen molar-refractivity contribution in [2.75, 3.05) is 0 Å². The van der Waals surface area contributed by atoms with E-state index in [1.807, 2.05) is 10.9 Å². The maximum atomic E-state index is 13.6. The van der Waals surface area contributed by atoms with Crippen LogP contribution in [0.5, 0.6) is 0 Å². The van der Waals surface area contributed by atoms with Gasteiger partial charge in [-0.1, -0.05) is 25.5 Å². The summed E-state index contributed by atoms with van der Waals surface area (Å²) in [7, 11) is -4.16. The number of fused-ring (bicyclic) bond motifs is 1. The van der Waals surface area contributed by atoms with Crippen LogP contribution >= 0.6 is 11.3 Å². The van der Waals surface area contributed by atoms with E-state index in [0.717, 1.165) is 37.8 Å². The molecule has 1 aromatic heterocycles. The number of hydrogen-bond donors (Lipinski definition) is 2. The van der Waals surface area contributed by atoms with Crippen LogP contribution in [0.3, 0.4) is 0 Å². The summed E-state index contributed by atoms with van der Waals surface area (Å²) in [5.74, 6) is -0.772. The molecule has 1 aromatic carbocycles. The van der Waals surface area contributed by atoms with Gasteiger partial charge in [0, 0.05) is 4.88 Å². The van der Waals surface area contributed by atoms with Crippen molar-refractivity contribution in [3.8, 4) is 0 Å². The van der Waals surface area contributed by atoms with Crippen molar-refractivity contribution in [1.82, 2.24) is 10.3 Å². The van der Waals surface area contributed by atoms with Crippen molar-refractivity contribution in [3.63, 3.8) is 0 Å². The van der Waals surface area contributed by atoms with E-state index >= 15 is 0 Å². The van der Waals surface area contributed by atoms with Crippen LogP contribution in [0.1, 0.15) is 39.9 Å². The second-order valence-electron chi connectivity index (χ2n) is 6.07. The molecule has 1 aliphatic rings. The van der Waals surface area contributed by atoms with Gasteiger partial charge in [0.05, 0.1) is 4.88 Å². The molecular weight excluding hydrogens is 363 g/mol. The number of hydrazine groups is 1. The van der Waals surface area contributed by atoms with Gasteiger partial charge in [-0.3, -0.25) is 10.2 Å². The zero-order chi connectivity index (χ0) is 18.0. The van der Waals surface area contributed by atoms with Gasteiger partial charge in [0.25, 0.3) is 15.9 Å². The van der Waals surface area contributed by atoms with Gasteiger partial charge in [0.1, 0.15) is 10.7 Å². The average molecular weight is 382 g/mol. The molecule has 2 N–H and O–H groups in total. The second-order valence-corrected chi connectivity index (χ2v) is 8.85. The van der Waals surface area contributed by atoms with E-state index in [4.69, 9.17) is 0 Å². The average Bonchev–Trinajstić information content (AvgIpc) is 3.03. The zero-order valence-corrected chi connectivity index (χ0v) is 15.3. The lowest BCUT2D eigenvalue weighted by Gasteiger charge is -2.19. The number of halogens is 1. The number of nitrogens with one attached hydrogen (secondary N) is 2. The van der Waals surface area contributed by atoms with E-state index in [1.54, 1.807) is 0 Å². The molecule has 8 heteroatoms. The Morgan fingerprint density at radius 3 is 2.84 bits per heavy atom. The topological polar surface area (TPSA) is 75.3 Å². The first-order valence-electron chi connectivity index (χ1n) is 8.09. The van der Waals surface area contributed by atoms with E-state index in [-0.39, 0.29) is 0 Å². The standard InChI is InChI=1S/C17H19FN2O3S2/c1-2-11-7-8-14-12(9-11)10-15(24-14)17(21)19-20-25(22,23)16-6-4-3-5-13(16)18/h3-6,10-11,20H,2,7-9H2,1H3,(H,19,21)/t11-/m1/s1. The minimum absolute atomic E-state index is 0.456. The first-order valence-corrected chi connectivity index (χ1v) is 10.4. The number of thiophene rings is 1. The van der Waals surface area contributed by atoms with Crippen LogP contribution in [0.25, 0.3) is 0 Å². The van der Waals surface area contributed by atoms with Gasteiger partial charge >= 0.3 is 0 Å². The molecule has 25 heavy (non-hydrogen) atoms. The molecule has 3 rings (SSSR count). The minimum Gasteiger partial charge on any atom is -0.273 e. The van der Waals surface area contributed by atoms with Gasteiger partial charge in [-0.25, -0.2) is 12.8 Å². The van der Waals surface area contributed by atoms with Crippen LogP contribution in [0.4, 0.5) is 4.39 Å². The van der Waals surface area contributed by atoms with E-state index in [2.05, 4.69) is 12.3 Å². The highest BCUT2D eigenvalue weighted by atomic mass is 32.2. The molecular formula is C17H19FN2O3S2. The Kier molecular flexibility index (Phi) is 5.21. The normalized spacial score (nSPS) is 17.1. The van der Waals surface area contributed by atoms with Crippen LogP contribution in [0.15, 0.2) is 35.2 Å². The molecule has 134 valence electrons. The lowest BCUT2D eigenvalue weighted by molar-refractivity contribution is 0.0949. The van der Waals surface area contributed by atoms with E-state index in [1.165, 1.54) is 33.9 Å². The number of carbonyl (C=O) groups is 1. The number of hydrogen-bond acceptors (Lipinski definition) is 4. The molecule has 0 saturated heterocycles. The first kappa shape index (κ1) is 18.0. The smallest absolute Gasteiger partial charge is 0.273 e. The molecule has 5 nitrogen and oxygen atoms in total. The van der Waals surface area contributed by atoms with E-state index in [9.17, 15) is 17.6 Å². The Morgan fingerprint density at radius 1 is 1.36 bits per heavy atom. The fraction of sp³-hybridized carbons (Fsp3) is 0.353. The third kappa shape index (κ3) is 3.91. The van der Waals surface area contributed by atoms with Gasteiger partial charge in [-0.15, -0.1) is 16.2 Å². The van der Waals surface area contributed by atoms with Crippen molar-refractivity contribution in [2.45, 2.75) is 37.5 Å². The lowest BCUT2D eigenvalue weighted by atomic mass is 9.87. The monoisotopic (exact) mass is 382 g/mol. The van der Waals surface area contributed by atoms with Crippen molar-refractivity contribution in [3.05, 3.63) is 51.5 Å². The molecule has 2 aromatic rings. The fourth-order valence-corrected chi connectivity index (χ4v) is 4.98. The van der Waals surface area contributed by atoms with Crippen LogP contribution in [0.2, 0.25) is 0 Å². The Balaban J connectivity index is 1.69. The maximum Gasteiger partial charge on any atom is 0.276 e. The zero-order valence-electron chi connectivity index (χ0n) is 13.7. The Hall–Kier alpha value is -1.77. The Morgan fingerprint density at radius 2 is 2.12 bits per heavy atom. The molecule has 0 radical (unpaired) electrons. The van der Waals surface area contributed by atoms with Gasteiger partial charge < -0.3 is 0 Å². The van der Waals surface area contributed by atoms with Crippen LogP contribution in [0, 0.1) is 11.7 Å². The Bertz CT molecular complexity index is 893. The fourth-order valence-electron chi connectivity index (χ4n) is 2.95. The summed E-state index contributed by atoms with van der Waals surface area (Å²) in [6, 6.07) is 6.82. The highest BCUT2D eigenvalue weighted by Gasteiger charge is 2.23. The van der Waals surface area contributed by atoms with Crippen molar-refractivity contribution >= 4 is 27.3 Å². The molecule has 0 fully saturated rings. The van der Waals surface area contributed by atoms with Gasteiger partial charge in [-0.2, -0.15) is 0 Å². The summed E-state index contributed by atoms with van der Waals surface area (Å²) in [5.41, 5.74) is 3.34. The number of carbonyl (C=O) groups excluding carboxylic acids is 1. The number of sulfonamides is 1. The summed E-state index contributed by atoms with van der Waals surface area (Å²) in [5, 5.41) is 0. The Labute approximate surface area is 150 Å². The molecule has 1 heterocycles. The van der Waals surface area contributed by atoms with Crippen LogP contribution < -0.4 is 10.3 Å². The quantitative estimate of drug-likeness (QED) is 0.781. The summed E-state index contributed by atoms with van der Waals surface area (Å²) >= 11 is 1.38. The molecule has 0 unspecified atom stereocenters. The highest BCUT2D eigenvalue weighted by molar-refractivity contribution is 7.89. The molecule has 0 bridgehead atoms. The van der Waals surface area contributed by atoms with Gasteiger partial charge in [0.2, 0.25) is 0 Å². The van der Waals surface area contributed by atoms with Gasteiger partial charge in [0.15, 0.2) is 0 Å². The van der Waals surface area contributed by atoms with Crippen molar-refractivity contribution in [2.24, 2.45) is 5.92 Å². The van der Waals surface area contributed by atoms with E-state index in [0.29, 0.717) is 10.8 Å². The number of rotatable bonds is 5. The minimum atomic E-state index is -4.16. The summed E-state index contributed by atoms with van der Waals surface area (Å²) in [6.45, 7) is 2.16. The molecule has 1 aliphatic carbocycles. The summed E-state index contributed by atoms with van der Waals surface area (Å²) in [6.07, 6.45) is 4.13. The number of aryl methyl sites for hydroxylation is 1. The molecule has 0 spiro atoms. The van der Waals surface area contributed by atoms with E-state index < -0.39 is 26.6 Å².